The number of likely N-dealkylation sites (tertiary alicyclic amines) is 1. The molecule has 1 aromatic rings. The van der Waals surface area contributed by atoms with E-state index < -0.39 is 5.60 Å². The van der Waals surface area contributed by atoms with Gasteiger partial charge in [0.2, 0.25) is 0 Å². The van der Waals surface area contributed by atoms with E-state index in [1.165, 1.54) is 24.0 Å². The highest BCUT2D eigenvalue weighted by Gasteiger charge is 2.23. The molecule has 1 saturated heterocycles. The Morgan fingerprint density at radius 1 is 1.19 bits per heavy atom. The van der Waals surface area contributed by atoms with Crippen LogP contribution in [0, 0.1) is 0 Å². The SMILES string of the molecule is CC(C)(O)CCc1ccc(CN2CCCC2CCO)cc1. The van der Waals surface area contributed by atoms with Crippen LogP contribution in [0.1, 0.15) is 50.7 Å². The van der Waals surface area contributed by atoms with Crippen LogP contribution in [0.3, 0.4) is 0 Å². The molecule has 3 nitrogen and oxygen atoms in total. The molecule has 2 N–H and O–H groups in total. The summed E-state index contributed by atoms with van der Waals surface area (Å²) in [6, 6.07) is 9.31. The molecule has 0 bridgehead atoms. The van der Waals surface area contributed by atoms with Crippen LogP contribution in [0.4, 0.5) is 0 Å². The minimum atomic E-state index is -0.592. The predicted octanol–water partition coefficient (Wildman–Crippen LogP) is 2.74. The summed E-state index contributed by atoms with van der Waals surface area (Å²) in [5, 5.41) is 18.9. The normalized spacial score (nSPS) is 20.1. The molecule has 0 radical (unpaired) electrons. The zero-order valence-electron chi connectivity index (χ0n) is 13.4. The molecule has 0 aliphatic carbocycles. The largest absolute Gasteiger partial charge is 0.396 e. The number of aliphatic hydroxyl groups is 2. The van der Waals surface area contributed by atoms with Gasteiger partial charge in [-0.3, -0.25) is 4.90 Å². The molecule has 1 aliphatic heterocycles. The molecule has 1 unspecified atom stereocenters. The van der Waals surface area contributed by atoms with Gasteiger partial charge in [-0.05, 0) is 63.6 Å². The summed E-state index contributed by atoms with van der Waals surface area (Å²) in [5.74, 6) is 0. The second kappa shape index (κ2) is 7.39. The Morgan fingerprint density at radius 3 is 2.48 bits per heavy atom. The highest BCUT2D eigenvalue weighted by atomic mass is 16.3. The summed E-state index contributed by atoms with van der Waals surface area (Å²) in [4.78, 5) is 2.49. The maximum atomic E-state index is 9.78. The molecule has 118 valence electrons. The fraction of sp³-hybridized carbons (Fsp3) is 0.667. The van der Waals surface area contributed by atoms with Crippen LogP contribution in [0.5, 0.6) is 0 Å². The van der Waals surface area contributed by atoms with Crippen molar-refractivity contribution in [3.63, 3.8) is 0 Å². The van der Waals surface area contributed by atoms with Gasteiger partial charge in [0.1, 0.15) is 0 Å². The van der Waals surface area contributed by atoms with Crippen molar-refractivity contribution in [1.29, 1.82) is 0 Å². The lowest BCUT2D eigenvalue weighted by Gasteiger charge is -2.24. The molecule has 1 fully saturated rings. The topological polar surface area (TPSA) is 43.7 Å². The average Bonchev–Trinajstić information content (AvgIpc) is 2.85. The van der Waals surface area contributed by atoms with Crippen molar-refractivity contribution in [2.24, 2.45) is 0 Å². The fourth-order valence-electron chi connectivity index (χ4n) is 3.08. The van der Waals surface area contributed by atoms with Crippen LogP contribution in [0.15, 0.2) is 24.3 Å². The number of hydrogen-bond acceptors (Lipinski definition) is 3. The Balaban J connectivity index is 1.87. The summed E-state index contributed by atoms with van der Waals surface area (Å²) >= 11 is 0. The van der Waals surface area contributed by atoms with Crippen LogP contribution in [0.2, 0.25) is 0 Å². The van der Waals surface area contributed by atoms with Crippen molar-refractivity contribution >= 4 is 0 Å². The van der Waals surface area contributed by atoms with Crippen molar-refractivity contribution in [1.82, 2.24) is 4.90 Å². The van der Waals surface area contributed by atoms with Gasteiger partial charge in [0.05, 0.1) is 5.60 Å². The van der Waals surface area contributed by atoms with E-state index in [4.69, 9.17) is 5.11 Å². The molecular weight excluding hydrogens is 262 g/mol. The van der Waals surface area contributed by atoms with Gasteiger partial charge in [0.15, 0.2) is 0 Å². The van der Waals surface area contributed by atoms with Gasteiger partial charge >= 0.3 is 0 Å². The second-order valence-electron chi connectivity index (χ2n) is 6.91. The number of aliphatic hydroxyl groups excluding tert-OH is 1. The Labute approximate surface area is 128 Å². The molecule has 0 amide bonds. The minimum absolute atomic E-state index is 0.289. The van der Waals surface area contributed by atoms with Crippen molar-refractivity contribution in [3.05, 3.63) is 35.4 Å². The van der Waals surface area contributed by atoms with Crippen molar-refractivity contribution in [2.45, 2.75) is 64.1 Å². The first-order chi connectivity index (χ1) is 9.98. The monoisotopic (exact) mass is 291 g/mol. The third-order valence-electron chi connectivity index (χ3n) is 4.40. The summed E-state index contributed by atoms with van der Waals surface area (Å²) in [6.45, 7) is 6.13. The van der Waals surface area contributed by atoms with Gasteiger partial charge in [0.25, 0.3) is 0 Å². The molecule has 1 heterocycles. The maximum absolute atomic E-state index is 9.78. The molecule has 0 spiro atoms. The quantitative estimate of drug-likeness (QED) is 0.812. The summed E-state index contributed by atoms with van der Waals surface area (Å²) in [6.07, 6.45) is 5.06. The van der Waals surface area contributed by atoms with Crippen molar-refractivity contribution < 1.29 is 10.2 Å². The summed E-state index contributed by atoms with van der Waals surface area (Å²) < 4.78 is 0. The van der Waals surface area contributed by atoms with E-state index >= 15 is 0 Å². The van der Waals surface area contributed by atoms with Gasteiger partial charge < -0.3 is 10.2 Å². The summed E-state index contributed by atoms with van der Waals surface area (Å²) in [5.41, 5.74) is 2.03. The number of aryl methyl sites for hydroxylation is 1. The highest BCUT2D eigenvalue weighted by molar-refractivity contribution is 5.23. The third-order valence-corrected chi connectivity index (χ3v) is 4.40. The van der Waals surface area contributed by atoms with Crippen molar-refractivity contribution in [3.8, 4) is 0 Å². The van der Waals surface area contributed by atoms with Crippen LogP contribution >= 0.6 is 0 Å². The van der Waals surface area contributed by atoms with E-state index in [2.05, 4.69) is 29.2 Å². The zero-order valence-corrected chi connectivity index (χ0v) is 13.4. The lowest BCUT2D eigenvalue weighted by atomic mass is 9.98. The smallest absolute Gasteiger partial charge is 0.0594 e. The number of benzene rings is 1. The molecule has 1 aromatic carbocycles. The van der Waals surface area contributed by atoms with Crippen LogP contribution in [-0.2, 0) is 13.0 Å². The van der Waals surface area contributed by atoms with Gasteiger partial charge in [-0.25, -0.2) is 0 Å². The first kappa shape index (κ1) is 16.5. The molecule has 0 saturated carbocycles. The number of hydrogen-bond donors (Lipinski definition) is 2. The molecule has 3 heteroatoms. The Hall–Kier alpha value is -0.900. The first-order valence-electron chi connectivity index (χ1n) is 8.13. The Bertz CT molecular complexity index is 422. The molecule has 1 aliphatic rings. The van der Waals surface area contributed by atoms with Crippen molar-refractivity contribution in [2.75, 3.05) is 13.2 Å². The maximum Gasteiger partial charge on any atom is 0.0594 e. The average molecular weight is 291 g/mol. The van der Waals surface area contributed by atoms with E-state index in [1.54, 1.807) is 0 Å². The minimum Gasteiger partial charge on any atom is -0.396 e. The molecular formula is C18H29NO2. The van der Waals surface area contributed by atoms with E-state index in [-0.39, 0.29) is 6.61 Å². The third kappa shape index (κ3) is 5.42. The lowest BCUT2D eigenvalue weighted by molar-refractivity contribution is 0.0714. The van der Waals surface area contributed by atoms with Gasteiger partial charge in [-0.1, -0.05) is 24.3 Å². The van der Waals surface area contributed by atoms with Gasteiger partial charge in [-0.2, -0.15) is 0 Å². The molecule has 0 aromatic heterocycles. The standard InChI is InChI=1S/C18H29NO2/c1-18(2,21)11-9-15-5-7-16(8-6-15)14-19-12-3-4-17(19)10-13-20/h5-8,17,20-21H,3-4,9-14H2,1-2H3. The lowest BCUT2D eigenvalue weighted by Crippen LogP contribution is -2.29. The van der Waals surface area contributed by atoms with E-state index in [0.717, 1.165) is 32.4 Å². The molecule has 21 heavy (non-hydrogen) atoms. The number of rotatable bonds is 7. The van der Waals surface area contributed by atoms with Crippen LogP contribution < -0.4 is 0 Å². The fourth-order valence-corrected chi connectivity index (χ4v) is 3.08. The van der Waals surface area contributed by atoms with E-state index in [9.17, 15) is 5.11 Å². The molecule has 2 rings (SSSR count). The Morgan fingerprint density at radius 2 is 1.86 bits per heavy atom. The van der Waals surface area contributed by atoms with E-state index in [0.29, 0.717) is 6.04 Å². The van der Waals surface area contributed by atoms with E-state index in [1.807, 2.05) is 13.8 Å². The summed E-state index contributed by atoms with van der Waals surface area (Å²) in [7, 11) is 0. The van der Waals surface area contributed by atoms with Gasteiger partial charge in [0, 0.05) is 19.2 Å². The predicted molar refractivity (Wildman–Crippen MR) is 86.2 cm³/mol. The number of nitrogens with zero attached hydrogens (tertiary/aromatic N) is 1. The van der Waals surface area contributed by atoms with Gasteiger partial charge in [-0.15, -0.1) is 0 Å². The Kier molecular flexibility index (Phi) is 5.80. The zero-order chi connectivity index (χ0) is 15.3. The molecule has 1 atom stereocenters. The van der Waals surface area contributed by atoms with Crippen LogP contribution in [0.25, 0.3) is 0 Å². The second-order valence-corrected chi connectivity index (χ2v) is 6.91. The first-order valence-corrected chi connectivity index (χ1v) is 8.13. The highest BCUT2D eigenvalue weighted by Crippen LogP contribution is 2.22. The van der Waals surface area contributed by atoms with Crippen LogP contribution in [-0.4, -0.2) is 39.9 Å².